The molecule has 6 nitrogen and oxygen atoms in total. The van der Waals surface area contributed by atoms with Crippen molar-refractivity contribution in [3.8, 4) is 5.75 Å². The molecule has 1 aliphatic rings. The second-order valence-corrected chi connectivity index (χ2v) is 7.42. The SMILES string of the molecule is CCN(CC)CCCNc1ccnc2c1C(=O)c1cc3ccccc3c(O)c1C2=O. The number of fused-ring (bicyclic) bond motifs is 3. The number of aromatic hydroxyl groups is 1. The molecule has 0 saturated carbocycles. The molecular weight excluding hydrogens is 378 g/mol. The number of pyridine rings is 1. The molecule has 154 valence electrons. The monoisotopic (exact) mass is 403 g/mol. The minimum Gasteiger partial charge on any atom is -0.507 e. The summed E-state index contributed by atoms with van der Waals surface area (Å²) < 4.78 is 0. The van der Waals surface area contributed by atoms with Crippen molar-refractivity contribution < 1.29 is 14.7 Å². The first-order chi connectivity index (χ1) is 14.6. The van der Waals surface area contributed by atoms with Crippen molar-refractivity contribution in [2.45, 2.75) is 20.3 Å². The number of ketones is 2. The van der Waals surface area contributed by atoms with E-state index in [1.165, 1.54) is 6.20 Å². The number of phenols is 1. The highest BCUT2D eigenvalue weighted by molar-refractivity contribution is 6.31. The maximum atomic E-state index is 13.4. The van der Waals surface area contributed by atoms with Gasteiger partial charge in [-0.2, -0.15) is 0 Å². The average Bonchev–Trinajstić information content (AvgIpc) is 2.77. The Kier molecular flexibility index (Phi) is 5.50. The zero-order valence-electron chi connectivity index (χ0n) is 17.2. The summed E-state index contributed by atoms with van der Waals surface area (Å²) in [4.78, 5) is 33.0. The van der Waals surface area contributed by atoms with Gasteiger partial charge in [0, 0.05) is 29.4 Å². The molecule has 0 fully saturated rings. The third-order valence-electron chi connectivity index (χ3n) is 5.75. The molecule has 1 heterocycles. The minimum atomic E-state index is -0.422. The van der Waals surface area contributed by atoms with Gasteiger partial charge in [0.2, 0.25) is 5.78 Å². The van der Waals surface area contributed by atoms with Crippen molar-refractivity contribution in [2.24, 2.45) is 0 Å². The molecule has 0 aliphatic heterocycles. The molecule has 0 atom stereocenters. The quantitative estimate of drug-likeness (QED) is 0.456. The number of carbonyl (C=O) groups excluding carboxylic acids is 2. The van der Waals surface area contributed by atoms with Crippen LogP contribution in [0.5, 0.6) is 5.75 Å². The number of benzene rings is 2. The van der Waals surface area contributed by atoms with Crippen molar-refractivity contribution in [3.63, 3.8) is 0 Å². The lowest BCUT2D eigenvalue weighted by Crippen LogP contribution is -2.26. The molecule has 6 heteroatoms. The van der Waals surface area contributed by atoms with Crippen LogP contribution in [-0.4, -0.2) is 52.7 Å². The molecule has 0 amide bonds. The predicted octanol–water partition coefficient (Wildman–Crippen LogP) is 3.86. The van der Waals surface area contributed by atoms with Crippen LogP contribution in [-0.2, 0) is 0 Å². The number of nitrogens with one attached hydrogen (secondary N) is 1. The summed E-state index contributed by atoms with van der Waals surface area (Å²) in [5.74, 6) is -0.874. The van der Waals surface area contributed by atoms with E-state index in [0.29, 0.717) is 17.6 Å². The molecule has 2 N–H and O–H groups in total. The molecule has 30 heavy (non-hydrogen) atoms. The topological polar surface area (TPSA) is 82.5 Å². The van der Waals surface area contributed by atoms with E-state index in [1.807, 2.05) is 12.1 Å². The third kappa shape index (κ3) is 3.33. The summed E-state index contributed by atoms with van der Waals surface area (Å²) in [7, 11) is 0. The number of carbonyl (C=O) groups is 2. The molecule has 0 unspecified atom stereocenters. The molecule has 1 aromatic heterocycles. The largest absolute Gasteiger partial charge is 0.507 e. The van der Waals surface area contributed by atoms with Crippen LogP contribution in [0.4, 0.5) is 5.69 Å². The summed E-state index contributed by atoms with van der Waals surface area (Å²) in [6.45, 7) is 7.92. The standard InChI is InChI=1S/C24H25N3O3/c1-3-27(4-2)13-7-11-25-18-10-12-26-21-20(18)23(29)17-14-15-8-5-6-9-16(15)22(28)19(17)24(21)30/h5-6,8-10,12,14,28H,3-4,7,11,13H2,1-2H3,(H,25,26). The average molecular weight is 403 g/mol. The van der Waals surface area contributed by atoms with Crippen LogP contribution in [0.25, 0.3) is 10.8 Å². The van der Waals surface area contributed by atoms with Crippen LogP contribution in [0.2, 0.25) is 0 Å². The van der Waals surface area contributed by atoms with Gasteiger partial charge in [0.25, 0.3) is 0 Å². The van der Waals surface area contributed by atoms with Gasteiger partial charge in [0.05, 0.1) is 11.1 Å². The van der Waals surface area contributed by atoms with E-state index in [0.717, 1.165) is 31.4 Å². The number of anilines is 1. The Bertz CT molecular complexity index is 1140. The summed E-state index contributed by atoms with van der Waals surface area (Å²) in [5, 5.41) is 15.3. The van der Waals surface area contributed by atoms with Crippen LogP contribution in [0, 0.1) is 0 Å². The first kappa shape index (κ1) is 20.0. The normalized spacial score (nSPS) is 12.9. The number of hydrogen-bond acceptors (Lipinski definition) is 6. The summed E-state index contributed by atoms with van der Waals surface area (Å²) in [6, 6.07) is 10.6. The van der Waals surface area contributed by atoms with Crippen LogP contribution >= 0.6 is 0 Å². The maximum absolute atomic E-state index is 13.4. The molecule has 4 rings (SSSR count). The lowest BCUT2D eigenvalue weighted by Gasteiger charge is -2.22. The fourth-order valence-corrected chi connectivity index (χ4v) is 4.07. The zero-order valence-corrected chi connectivity index (χ0v) is 17.2. The number of rotatable bonds is 7. The highest BCUT2D eigenvalue weighted by atomic mass is 16.3. The number of phenolic OH excluding ortho intramolecular Hbond substituents is 1. The Morgan fingerprint density at radius 1 is 1.03 bits per heavy atom. The van der Waals surface area contributed by atoms with Gasteiger partial charge < -0.3 is 15.3 Å². The van der Waals surface area contributed by atoms with Crippen LogP contribution in [0.3, 0.4) is 0 Å². The molecule has 0 saturated heterocycles. The highest BCUT2D eigenvalue weighted by Crippen LogP contribution is 2.39. The second kappa shape index (κ2) is 8.24. The molecule has 0 bridgehead atoms. The zero-order chi connectivity index (χ0) is 21.3. The number of nitrogens with zero attached hydrogens (tertiary/aromatic N) is 2. The van der Waals surface area contributed by atoms with Crippen molar-refractivity contribution in [1.82, 2.24) is 9.88 Å². The van der Waals surface area contributed by atoms with Crippen molar-refractivity contribution >= 4 is 28.0 Å². The van der Waals surface area contributed by atoms with Gasteiger partial charge in [-0.3, -0.25) is 14.6 Å². The van der Waals surface area contributed by atoms with Crippen molar-refractivity contribution in [1.29, 1.82) is 0 Å². The Labute approximate surface area is 175 Å². The van der Waals surface area contributed by atoms with Gasteiger partial charge in [0.15, 0.2) is 5.78 Å². The van der Waals surface area contributed by atoms with E-state index in [9.17, 15) is 14.7 Å². The van der Waals surface area contributed by atoms with E-state index in [1.54, 1.807) is 24.3 Å². The van der Waals surface area contributed by atoms with E-state index >= 15 is 0 Å². The summed E-state index contributed by atoms with van der Waals surface area (Å²) in [6.07, 6.45) is 2.45. The fraction of sp³-hybridized carbons (Fsp3) is 0.292. The smallest absolute Gasteiger partial charge is 0.216 e. The lowest BCUT2D eigenvalue weighted by molar-refractivity contribution is 0.0974. The molecule has 3 aromatic rings. The lowest BCUT2D eigenvalue weighted by atomic mass is 9.83. The third-order valence-corrected chi connectivity index (χ3v) is 5.75. The maximum Gasteiger partial charge on any atom is 0.216 e. The minimum absolute atomic E-state index is 0.0392. The predicted molar refractivity (Wildman–Crippen MR) is 118 cm³/mol. The molecule has 0 radical (unpaired) electrons. The summed E-state index contributed by atoms with van der Waals surface area (Å²) in [5.41, 5.74) is 1.25. The van der Waals surface area contributed by atoms with Crippen LogP contribution < -0.4 is 5.32 Å². The highest BCUT2D eigenvalue weighted by Gasteiger charge is 2.35. The number of aromatic nitrogens is 1. The van der Waals surface area contributed by atoms with Crippen LogP contribution in [0.15, 0.2) is 42.6 Å². The molecule has 2 aromatic carbocycles. The van der Waals surface area contributed by atoms with Crippen LogP contribution in [0.1, 0.15) is 52.2 Å². The van der Waals surface area contributed by atoms with Gasteiger partial charge in [-0.25, -0.2) is 0 Å². The second-order valence-electron chi connectivity index (χ2n) is 7.42. The molecule has 1 aliphatic carbocycles. The Morgan fingerprint density at radius 3 is 2.57 bits per heavy atom. The van der Waals surface area contributed by atoms with Crippen molar-refractivity contribution in [2.75, 3.05) is 31.5 Å². The molecule has 0 spiro atoms. The van der Waals surface area contributed by atoms with E-state index < -0.39 is 5.78 Å². The van der Waals surface area contributed by atoms with Gasteiger partial charge in [-0.15, -0.1) is 0 Å². The van der Waals surface area contributed by atoms with Crippen molar-refractivity contribution in [3.05, 3.63) is 65.0 Å². The summed E-state index contributed by atoms with van der Waals surface area (Å²) >= 11 is 0. The van der Waals surface area contributed by atoms with Gasteiger partial charge in [-0.05, 0) is 43.6 Å². The first-order valence-corrected chi connectivity index (χ1v) is 10.4. The Hall–Kier alpha value is -3.25. The van der Waals surface area contributed by atoms with E-state index in [2.05, 4.69) is 29.0 Å². The van der Waals surface area contributed by atoms with Gasteiger partial charge in [0.1, 0.15) is 11.4 Å². The van der Waals surface area contributed by atoms with E-state index in [-0.39, 0.29) is 33.9 Å². The fourth-order valence-electron chi connectivity index (χ4n) is 4.07. The van der Waals surface area contributed by atoms with Gasteiger partial charge >= 0.3 is 0 Å². The Morgan fingerprint density at radius 2 is 1.80 bits per heavy atom. The van der Waals surface area contributed by atoms with Gasteiger partial charge in [-0.1, -0.05) is 38.1 Å². The number of hydrogen-bond donors (Lipinski definition) is 2. The van der Waals surface area contributed by atoms with E-state index in [4.69, 9.17) is 0 Å². The molecular formula is C24H25N3O3. The first-order valence-electron chi connectivity index (χ1n) is 10.4. The Balaban J connectivity index is 1.68.